The molecule has 0 aliphatic carbocycles. The maximum atomic E-state index is 12.8. The molecule has 0 saturated carbocycles. The van der Waals surface area contributed by atoms with Crippen molar-refractivity contribution in [2.24, 2.45) is 5.73 Å². The van der Waals surface area contributed by atoms with Crippen molar-refractivity contribution < 1.29 is 22.8 Å². The molecule has 0 radical (unpaired) electrons. The van der Waals surface area contributed by atoms with E-state index in [9.17, 15) is 4.79 Å². The predicted molar refractivity (Wildman–Crippen MR) is 179 cm³/mol. The number of hydrogen-bond acceptors (Lipinski definition) is 9. The minimum absolute atomic E-state index is 0.00592. The third-order valence-corrected chi connectivity index (χ3v) is 23.6. The van der Waals surface area contributed by atoms with Crippen LogP contribution in [0.5, 0.6) is 0 Å². The number of carbonyl (C=O) groups is 1. The topological polar surface area (TPSA) is 150 Å². The molecule has 1 saturated heterocycles. The fourth-order valence-electron chi connectivity index (χ4n) is 4.20. The molecule has 0 spiro atoms. The summed E-state index contributed by atoms with van der Waals surface area (Å²) < 4.78 is 29.7. The summed E-state index contributed by atoms with van der Waals surface area (Å²) in [6.45, 7) is 33.5. The summed E-state index contributed by atoms with van der Waals surface area (Å²) in [4.78, 5) is 25.8. The van der Waals surface area contributed by atoms with Crippen molar-refractivity contribution in [1.82, 2.24) is 19.5 Å². The molecule has 2 aromatic heterocycles. The first-order valence-electron chi connectivity index (χ1n) is 15.1. The number of anilines is 1. The molecule has 11 nitrogen and oxygen atoms in total. The number of imidazole rings is 1. The summed E-state index contributed by atoms with van der Waals surface area (Å²) in [5.74, 6) is -0.596. The molecule has 1 aliphatic rings. The van der Waals surface area contributed by atoms with Crippen LogP contribution in [0.25, 0.3) is 11.2 Å². The number of ether oxygens (including phenoxy) is 1. The molecule has 1 amide bonds. The fourth-order valence-corrected chi connectivity index (χ4v) is 7.82. The van der Waals surface area contributed by atoms with Gasteiger partial charge in [0.05, 0.1) is 6.61 Å². The second-order valence-corrected chi connectivity index (χ2v) is 30.7. The Hall–Kier alpha value is -1.69. The van der Waals surface area contributed by atoms with Crippen LogP contribution in [0.3, 0.4) is 0 Å². The zero-order valence-electron chi connectivity index (χ0n) is 29.1. The lowest BCUT2D eigenvalue weighted by atomic mass is 10.1. The van der Waals surface area contributed by atoms with E-state index in [1.807, 2.05) is 0 Å². The number of fused-ring (bicyclic) bond motifs is 1. The SMILES string of the molecule is CC(C)(C)[Si](C)(C)OC[C@H]1O[C@@H](n2c(C(N)=O)nc3c(N)ncnc32)[C@H](O[Si](C)(C)C(C)(C)C)[C@@H]1O[Si](C)(C)C(C)(C)C. The number of nitrogen functional groups attached to an aromatic ring is 1. The first-order chi connectivity index (χ1) is 19.2. The maximum absolute atomic E-state index is 12.8. The van der Waals surface area contributed by atoms with E-state index in [1.165, 1.54) is 6.33 Å². The van der Waals surface area contributed by atoms with Crippen LogP contribution >= 0.6 is 0 Å². The van der Waals surface area contributed by atoms with Crippen molar-refractivity contribution in [3.05, 3.63) is 12.2 Å². The van der Waals surface area contributed by atoms with Crippen LogP contribution in [0.15, 0.2) is 6.33 Å². The number of primary amides is 1. The lowest BCUT2D eigenvalue weighted by Crippen LogP contribution is -2.54. The molecule has 0 aromatic carbocycles. The number of rotatable bonds is 9. The van der Waals surface area contributed by atoms with Gasteiger partial charge in [-0.05, 0) is 54.4 Å². The van der Waals surface area contributed by atoms with Crippen molar-refractivity contribution in [3.8, 4) is 0 Å². The molecule has 4 atom stereocenters. The monoisotopic (exact) mass is 652 g/mol. The summed E-state index contributed by atoms with van der Waals surface area (Å²) in [5, 5.41) is -0.171. The van der Waals surface area contributed by atoms with E-state index in [1.54, 1.807) is 4.57 Å². The first kappa shape index (κ1) is 35.8. The van der Waals surface area contributed by atoms with Gasteiger partial charge in [-0.1, -0.05) is 62.3 Å². The van der Waals surface area contributed by atoms with Gasteiger partial charge in [0, 0.05) is 0 Å². The normalized spacial score (nSPS) is 22.9. The average molecular weight is 653 g/mol. The zero-order valence-corrected chi connectivity index (χ0v) is 32.1. The van der Waals surface area contributed by atoms with Gasteiger partial charge in [-0.15, -0.1) is 0 Å². The number of carbonyl (C=O) groups excluding carboxylic acids is 1. The van der Waals surface area contributed by atoms with Gasteiger partial charge in [0.25, 0.3) is 5.91 Å². The molecule has 3 heterocycles. The second-order valence-electron chi connectivity index (χ2n) is 16.4. The molecule has 3 rings (SSSR count). The number of amides is 1. The highest BCUT2D eigenvalue weighted by Crippen LogP contribution is 2.47. The van der Waals surface area contributed by atoms with Crippen molar-refractivity contribution in [1.29, 1.82) is 0 Å². The maximum Gasteiger partial charge on any atom is 0.284 e. The molecular formula is C29H56N6O5Si3. The molecule has 1 fully saturated rings. The van der Waals surface area contributed by atoms with Crippen molar-refractivity contribution >= 4 is 47.8 Å². The van der Waals surface area contributed by atoms with Gasteiger partial charge in [0.2, 0.25) is 5.82 Å². The molecule has 0 unspecified atom stereocenters. The van der Waals surface area contributed by atoms with Crippen LogP contribution in [0.4, 0.5) is 5.82 Å². The summed E-state index contributed by atoms with van der Waals surface area (Å²) in [6, 6.07) is 0. The summed E-state index contributed by atoms with van der Waals surface area (Å²) in [7, 11) is -6.91. The van der Waals surface area contributed by atoms with E-state index in [0.29, 0.717) is 12.3 Å². The third-order valence-electron chi connectivity index (χ3n) is 10.2. The highest BCUT2D eigenvalue weighted by atomic mass is 28.4. The molecule has 244 valence electrons. The predicted octanol–water partition coefficient (Wildman–Crippen LogP) is 6.21. The Bertz CT molecular complexity index is 1330. The Labute approximate surface area is 261 Å². The van der Waals surface area contributed by atoms with Gasteiger partial charge in [-0.2, -0.15) is 0 Å². The third kappa shape index (κ3) is 7.10. The summed E-state index contributed by atoms with van der Waals surface area (Å²) in [6.07, 6.45) is -1.04. The molecule has 1 aliphatic heterocycles. The van der Waals surface area contributed by atoms with Gasteiger partial charge in [0.1, 0.15) is 24.6 Å². The molecule has 2 aromatic rings. The van der Waals surface area contributed by atoms with E-state index >= 15 is 0 Å². The Balaban J connectivity index is 2.27. The minimum atomic E-state index is -2.41. The number of aromatic nitrogens is 4. The van der Waals surface area contributed by atoms with Gasteiger partial charge in [-0.25, -0.2) is 15.0 Å². The van der Waals surface area contributed by atoms with E-state index in [-0.39, 0.29) is 32.3 Å². The number of nitrogens with zero attached hydrogens (tertiary/aromatic N) is 4. The largest absolute Gasteiger partial charge is 0.414 e. The van der Waals surface area contributed by atoms with E-state index in [4.69, 9.17) is 29.5 Å². The number of nitrogens with two attached hydrogens (primary N) is 2. The minimum Gasteiger partial charge on any atom is -0.414 e. The van der Waals surface area contributed by atoms with Gasteiger partial charge in [-0.3, -0.25) is 9.36 Å². The van der Waals surface area contributed by atoms with Crippen molar-refractivity contribution in [2.45, 2.75) is 141 Å². The summed E-state index contributed by atoms with van der Waals surface area (Å²) in [5.41, 5.74) is 12.7. The van der Waals surface area contributed by atoms with Crippen LogP contribution in [-0.4, -0.2) is 75.3 Å². The fraction of sp³-hybridized carbons (Fsp3) is 0.793. The van der Waals surface area contributed by atoms with E-state index in [2.05, 4.69) is 117 Å². The van der Waals surface area contributed by atoms with E-state index in [0.717, 1.165) is 0 Å². The molecule has 43 heavy (non-hydrogen) atoms. The molecule has 4 N–H and O–H groups in total. The molecular weight excluding hydrogens is 597 g/mol. The van der Waals surface area contributed by atoms with Crippen LogP contribution in [0, 0.1) is 0 Å². The Morgan fingerprint density at radius 3 is 1.81 bits per heavy atom. The average Bonchev–Trinajstić information content (AvgIpc) is 3.34. The van der Waals surface area contributed by atoms with Crippen molar-refractivity contribution in [3.63, 3.8) is 0 Å². The lowest BCUT2D eigenvalue weighted by molar-refractivity contribution is -0.0477. The Kier molecular flexibility index (Phi) is 9.65. The molecule has 14 heteroatoms. The number of hydrogen-bond donors (Lipinski definition) is 2. The van der Waals surface area contributed by atoms with Crippen LogP contribution in [-0.2, 0) is 18.0 Å². The van der Waals surface area contributed by atoms with Gasteiger partial charge in [0.15, 0.2) is 48.2 Å². The first-order valence-corrected chi connectivity index (χ1v) is 23.9. The smallest absolute Gasteiger partial charge is 0.284 e. The second kappa shape index (κ2) is 11.6. The summed E-state index contributed by atoms with van der Waals surface area (Å²) >= 11 is 0. The standard InChI is InChI=1S/C29H56N6O5Si3/c1-27(2,3)41(10,11)37-16-18-20(39-42(12,13)28(4,5)6)21(40-43(14,15)29(7,8)9)26(38-18)35-24-19(22(30)32-17-33-24)34-25(35)23(31)36/h17-18,20-21,26H,16H2,1-15H3,(H2,31,36)(H2,30,32,33)/t18-,20-,21-,26-/m1/s1. The van der Waals surface area contributed by atoms with Crippen LogP contribution in [0.2, 0.25) is 54.4 Å². The highest BCUT2D eigenvalue weighted by molar-refractivity contribution is 6.75. The Morgan fingerprint density at radius 2 is 1.35 bits per heavy atom. The lowest BCUT2D eigenvalue weighted by Gasteiger charge is -2.44. The van der Waals surface area contributed by atoms with Gasteiger partial charge >= 0.3 is 0 Å². The van der Waals surface area contributed by atoms with E-state index < -0.39 is 55.4 Å². The van der Waals surface area contributed by atoms with Crippen LogP contribution in [0.1, 0.15) is 79.2 Å². The zero-order chi connectivity index (χ0) is 33.1. The van der Waals surface area contributed by atoms with Crippen LogP contribution < -0.4 is 11.5 Å². The highest BCUT2D eigenvalue weighted by Gasteiger charge is 2.55. The Morgan fingerprint density at radius 1 is 0.860 bits per heavy atom. The molecule has 0 bridgehead atoms. The van der Waals surface area contributed by atoms with Crippen molar-refractivity contribution in [2.75, 3.05) is 12.3 Å². The quantitative estimate of drug-likeness (QED) is 0.302. The van der Waals surface area contributed by atoms with Gasteiger partial charge < -0.3 is 29.5 Å².